The molecule has 0 fully saturated rings. The van der Waals surface area contributed by atoms with E-state index in [1.807, 2.05) is 38.1 Å². The molecule has 34 heavy (non-hydrogen) atoms. The molecular weight excluding hydrogens is 462 g/mol. The molecule has 0 aromatic heterocycles. The number of rotatable bonds is 12. The molecule has 0 spiro atoms. The lowest BCUT2D eigenvalue weighted by Gasteiger charge is -2.21. The number of sulfonamides is 1. The van der Waals surface area contributed by atoms with Crippen molar-refractivity contribution in [1.29, 1.82) is 0 Å². The minimum absolute atomic E-state index is 0.0405. The normalized spacial score (nSPS) is 14.2. The van der Waals surface area contributed by atoms with Crippen LogP contribution >= 0.6 is 11.9 Å². The van der Waals surface area contributed by atoms with Gasteiger partial charge in [-0.25, -0.2) is 4.31 Å². The molecule has 2 rings (SSSR count). The fourth-order valence-corrected chi connectivity index (χ4v) is 5.46. The van der Waals surface area contributed by atoms with Crippen molar-refractivity contribution in [2.24, 2.45) is 10.1 Å². The SMILES string of the molecule is C/C=C\C/C=C(/C(N)=N/S(=O)(=O)c1ccc(C)cc1)C(CC)c1cccc(SN(CC)CC)c1. The molecule has 0 radical (unpaired) electrons. The first-order valence-corrected chi connectivity index (χ1v) is 14.0. The van der Waals surface area contributed by atoms with Crippen LogP contribution in [0, 0.1) is 6.92 Å². The number of hydrogen-bond donors (Lipinski definition) is 1. The van der Waals surface area contributed by atoms with Gasteiger partial charge in [0.05, 0.1) is 4.90 Å². The summed E-state index contributed by atoms with van der Waals surface area (Å²) >= 11 is 1.73. The highest BCUT2D eigenvalue weighted by Gasteiger charge is 2.22. The Labute approximate surface area is 210 Å². The van der Waals surface area contributed by atoms with Crippen LogP contribution in [0.2, 0.25) is 0 Å². The van der Waals surface area contributed by atoms with Gasteiger partial charge in [-0.15, -0.1) is 4.40 Å². The lowest BCUT2D eigenvalue weighted by molar-refractivity contribution is 0.525. The van der Waals surface area contributed by atoms with Crippen LogP contribution in [0.4, 0.5) is 0 Å². The second-order valence-electron chi connectivity index (χ2n) is 7.97. The van der Waals surface area contributed by atoms with E-state index in [1.165, 1.54) is 0 Å². The fraction of sp³-hybridized carbons (Fsp3) is 0.370. The highest BCUT2D eigenvalue weighted by molar-refractivity contribution is 7.97. The van der Waals surface area contributed by atoms with Gasteiger partial charge in [-0.05, 0) is 74.0 Å². The zero-order chi connectivity index (χ0) is 25.1. The van der Waals surface area contributed by atoms with Crippen molar-refractivity contribution in [2.45, 2.75) is 63.2 Å². The number of aryl methyl sites for hydroxylation is 1. The molecule has 7 heteroatoms. The van der Waals surface area contributed by atoms with E-state index >= 15 is 0 Å². The molecule has 2 N–H and O–H groups in total. The Morgan fingerprint density at radius 3 is 2.38 bits per heavy atom. The topological polar surface area (TPSA) is 75.8 Å². The first kappa shape index (κ1) is 27.9. The van der Waals surface area contributed by atoms with Crippen molar-refractivity contribution in [3.05, 3.63) is 83.5 Å². The zero-order valence-corrected chi connectivity index (χ0v) is 22.5. The van der Waals surface area contributed by atoms with Crippen LogP contribution in [-0.4, -0.2) is 31.6 Å². The summed E-state index contributed by atoms with van der Waals surface area (Å²) < 4.78 is 32.2. The number of nitrogens with zero attached hydrogens (tertiary/aromatic N) is 2. The molecule has 0 aliphatic heterocycles. The summed E-state index contributed by atoms with van der Waals surface area (Å²) in [4.78, 5) is 1.29. The van der Waals surface area contributed by atoms with Crippen molar-refractivity contribution in [3.8, 4) is 0 Å². The molecule has 5 nitrogen and oxygen atoms in total. The highest BCUT2D eigenvalue weighted by Crippen LogP contribution is 2.32. The first-order chi connectivity index (χ1) is 16.2. The molecule has 0 saturated heterocycles. The number of hydrogen-bond acceptors (Lipinski definition) is 4. The Balaban J connectivity index is 2.49. The molecule has 2 aromatic rings. The molecule has 0 bridgehead atoms. The molecule has 0 aliphatic carbocycles. The average molecular weight is 500 g/mol. The summed E-state index contributed by atoms with van der Waals surface area (Å²) in [7, 11) is -3.91. The third-order valence-electron chi connectivity index (χ3n) is 5.53. The van der Waals surface area contributed by atoms with E-state index in [9.17, 15) is 8.42 Å². The van der Waals surface area contributed by atoms with E-state index in [0.29, 0.717) is 6.42 Å². The maximum absolute atomic E-state index is 13.0. The van der Waals surface area contributed by atoms with Gasteiger partial charge < -0.3 is 5.73 Å². The molecule has 0 aliphatic rings. The summed E-state index contributed by atoms with van der Waals surface area (Å²) in [6.07, 6.45) is 7.38. The molecule has 2 aromatic carbocycles. The molecule has 0 heterocycles. The lowest BCUT2D eigenvalue weighted by atomic mass is 9.87. The quantitative estimate of drug-likeness (QED) is 0.157. The minimum atomic E-state index is -3.91. The second-order valence-corrected chi connectivity index (χ2v) is 10.7. The molecule has 1 unspecified atom stereocenters. The maximum Gasteiger partial charge on any atom is 0.284 e. The molecule has 1 atom stereocenters. The van der Waals surface area contributed by atoms with Crippen LogP contribution in [0.25, 0.3) is 0 Å². The molecule has 184 valence electrons. The van der Waals surface area contributed by atoms with Crippen LogP contribution in [-0.2, 0) is 10.0 Å². The Morgan fingerprint density at radius 1 is 1.12 bits per heavy atom. The van der Waals surface area contributed by atoms with Crippen molar-refractivity contribution in [1.82, 2.24) is 4.31 Å². The molecular formula is C27H37N3O2S2. The zero-order valence-electron chi connectivity index (χ0n) is 20.9. The van der Waals surface area contributed by atoms with Crippen molar-refractivity contribution in [3.63, 3.8) is 0 Å². The monoisotopic (exact) mass is 499 g/mol. The first-order valence-electron chi connectivity index (χ1n) is 11.8. The second kappa shape index (κ2) is 13.5. The molecule has 0 saturated carbocycles. The highest BCUT2D eigenvalue weighted by atomic mass is 32.2. The predicted molar refractivity (Wildman–Crippen MR) is 146 cm³/mol. The van der Waals surface area contributed by atoms with Crippen molar-refractivity contribution < 1.29 is 8.42 Å². The smallest absolute Gasteiger partial charge is 0.284 e. The van der Waals surface area contributed by atoms with Crippen LogP contribution in [0.1, 0.15) is 57.6 Å². The Kier molecular flexibility index (Phi) is 11.1. The number of nitrogens with two attached hydrogens (primary N) is 1. The Hall–Kier alpha value is -2.35. The van der Waals surface area contributed by atoms with Crippen LogP contribution in [0.15, 0.2) is 86.5 Å². The standard InChI is InChI=1S/C27H37N3O2S2/c1-6-10-11-15-26(27(28)29-34(31,32)24-18-16-21(5)17-19-24)25(7-2)22-13-12-14-23(20-22)33-30(8-3)9-4/h6,10,12-20,25H,7-9,11H2,1-5H3,(H2,28,29)/b10-6-,26-15+. The minimum Gasteiger partial charge on any atom is -0.383 e. The van der Waals surface area contributed by atoms with Gasteiger partial charge in [0, 0.05) is 23.9 Å². The van der Waals surface area contributed by atoms with Crippen LogP contribution in [0.5, 0.6) is 0 Å². The van der Waals surface area contributed by atoms with Gasteiger partial charge in [-0.3, -0.25) is 0 Å². The summed E-state index contributed by atoms with van der Waals surface area (Å²) in [5, 5.41) is 0. The van der Waals surface area contributed by atoms with E-state index < -0.39 is 10.0 Å². The van der Waals surface area contributed by atoms with E-state index in [0.717, 1.165) is 41.1 Å². The predicted octanol–water partition coefficient (Wildman–Crippen LogP) is 6.48. The fourth-order valence-electron chi connectivity index (χ4n) is 3.63. The van der Waals surface area contributed by atoms with E-state index in [2.05, 4.69) is 47.7 Å². The largest absolute Gasteiger partial charge is 0.383 e. The van der Waals surface area contributed by atoms with E-state index in [1.54, 1.807) is 36.2 Å². The molecule has 0 amide bonds. The third-order valence-corrected chi connectivity index (χ3v) is 8.07. The average Bonchev–Trinajstić information content (AvgIpc) is 2.82. The van der Waals surface area contributed by atoms with Gasteiger partial charge in [0.25, 0.3) is 10.0 Å². The van der Waals surface area contributed by atoms with Crippen molar-refractivity contribution in [2.75, 3.05) is 13.1 Å². The van der Waals surface area contributed by atoms with E-state index in [-0.39, 0.29) is 16.6 Å². The van der Waals surface area contributed by atoms with Gasteiger partial charge in [0.2, 0.25) is 0 Å². The van der Waals surface area contributed by atoms with E-state index in [4.69, 9.17) is 5.73 Å². The van der Waals surface area contributed by atoms with Crippen LogP contribution in [0.3, 0.4) is 0 Å². The Morgan fingerprint density at radius 2 is 1.79 bits per heavy atom. The maximum atomic E-state index is 13.0. The Bertz CT molecular complexity index is 1120. The number of allylic oxidation sites excluding steroid dienone is 3. The van der Waals surface area contributed by atoms with Gasteiger partial charge in [0.15, 0.2) is 0 Å². The van der Waals surface area contributed by atoms with Gasteiger partial charge in [-0.2, -0.15) is 8.42 Å². The lowest BCUT2D eigenvalue weighted by Crippen LogP contribution is -2.22. The summed E-state index contributed by atoms with van der Waals surface area (Å²) in [5.41, 5.74) is 9.21. The number of amidine groups is 1. The van der Waals surface area contributed by atoms with Crippen molar-refractivity contribution >= 4 is 27.8 Å². The van der Waals surface area contributed by atoms with Gasteiger partial charge in [-0.1, -0.05) is 68.8 Å². The summed E-state index contributed by atoms with van der Waals surface area (Å²) in [6.45, 7) is 12.1. The van der Waals surface area contributed by atoms with Gasteiger partial charge >= 0.3 is 0 Å². The third kappa shape index (κ3) is 7.86. The number of benzene rings is 2. The summed E-state index contributed by atoms with van der Waals surface area (Å²) in [6, 6.07) is 15.0. The van der Waals surface area contributed by atoms with Gasteiger partial charge in [0.1, 0.15) is 5.84 Å². The summed E-state index contributed by atoms with van der Waals surface area (Å²) in [5.74, 6) is -0.0294. The van der Waals surface area contributed by atoms with Crippen LogP contribution < -0.4 is 5.73 Å².